The molecule has 3 aromatic heterocycles. The third kappa shape index (κ3) is 3.02. The van der Waals surface area contributed by atoms with Crippen LogP contribution in [0.15, 0.2) is 63.1 Å². The van der Waals surface area contributed by atoms with Crippen molar-refractivity contribution in [2.45, 2.75) is 13.1 Å². The number of para-hydroxylation sites is 1. The van der Waals surface area contributed by atoms with Crippen LogP contribution >= 0.6 is 0 Å². The first-order chi connectivity index (χ1) is 14.4. The lowest BCUT2D eigenvalue weighted by atomic mass is 10.2. The number of allylic oxidation sites excluding steroid dienone is 1. The van der Waals surface area contributed by atoms with Gasteiger partial charge in [0.2, 0.25) is 5.88 Å². The minimum atomic E-state index is -0.664. The number of rotatable bonds is 5. The van der Waals surface area contributed by atoms with E-state index >= 15 is 0 Å². The number of nitrogens with one attached hydrogen (secondary N) is 1. The molecule has 0 bridgehead atoms. The molecule has 11 nitrogen and oxygen atoms in total. The zero-order valence-electron chi connectivity index (χ0n) is 15.9. The van der Waals surface area contributed by atoms with Crippen LogP contribution < -0.4 is 11.2 Å². The third-order valence-electron chi connectivity index (χ3n) is 4.67. The maximum absolute atomic E-state index is 12.4. The molecule has 152 valence electrons. The Hall–Kier alpha value is -4.28. The lowest BCUT2D eigenvalue weighted by Crippen LogP contribution is -2.29. The first kappa shape index (κ1) is 19.1. The van der Waals surface area contributed by atoms with E-state index in [1.807, 2.05) is 12.1 Å². The SMILES string of the molecule is C=CCn1c(O)c(N=NC(=O)Cn2cnc3c2c(=O)[nH]c(=O)n3C)c2ccccc21. The molecule has 0 aliphatic rings. The van der Waals surface area contributed by atoms with Crippen LogP contribution in [0.1, 0.15) is 0 Å². The molecule has 2 N–H and O–H groups in total. The number of nitrogens with zero attached hydrogens (tertiary/aromatic N) is 6. The molecule has 0 saturated heterocycles. The summed E-state index contributed by atoms with van der Waals surface area (Å²) in [5.74, 6) is -0.797. The highest BCUT2D eigenvalue weighted by atomic mass is 16.3. The van der Waals surface area contributed by atoms with Crippen molar-refractivity contribution in [1.29, 1.82) is 0 Å². The molecular formula is C19H17N7O4. The van der Waals surface area contributed by atoms with Gasteiger partial charge in [0.25, 0.3) is 11.5 Å². The summed E-state index contributed by atoms with van der Waals surface area (Å²) in [6, 6.07) is 7.18. The molecule has 4 aromatic rings. The van der Waals surface area contributed by atoms with Crippen molar-refractivity contribution < 1.29 is 9.90 Å². The van der Waals surface area contributed by atoms with Crippen molar-refractivity contribution in [3.63, 3.8) is 0 Å². The highest BCUT2D eigenvalue weighted by Crippen LogP contribution is 2.38. The number of hydrogen-bond donors (Lipinski definition) is 2. The number of azo groups is 1. The molecule has 0 fully saturated rings. The predicted molar refractivity (Wildman–Crippen MR) is 109 cm³/mol. The van der Waals surface area contributed by atoms with Crippen LogP contribution in [0.4, 0.5) is 5.69 Å². The van der Waals surface area contributed by atoms with Crippen LogP contribution in [0, 0.1) is 0 Å². The zero-order chi connectivity index (χ0) is 21.4. The molecule has 0 saturated carbocycles. The lowest BCUT2D eigenvalue weighted by Gasteiger charge is -2.02. The van der Waals surface area contributed by atoms with E-state index in [-0.39, 0.29) is 29.3 Å². The van der Waals surface area contributed by atoms with E-state index in [0.717, 1.165) is 5.52 Å². The van der Waals surface area contributed by atoms with Crippen molar-refractivity contribution >= 4 is 33.7 Å². The standard InChI is InChI=1S/C19H17N7O4/c1-3-8-26-12-7-5-4-6-11(12)14(18(26)29)23-22-13(27)9-25-10-20-16-15(25)17(28)21-19(30)24(16)2/h3-7,10,29H,1,8-9H2,2H3,(H,21,28,30). The smallest absolute Gasteiger partial charge is 0.329 e. The van der Waals surface area contributed by atoms with Crippen LogP contribution in [0.5, 0.6) is 5.88 Å². The van der Waals surface area contributed by atoms with E-state index in [4.69, 9.17) is 0 Å². The van der Waals surface area contributed by atoms with Gasteiger partial charge in [-0.1, -0.05) is 24.3 Å². The van der Waals surface area contributed by atoms with E-state index in [1.165, 1.54) is 22.5 Å². The van der Waals surface area contributed by atoms with Crippen molar-refractivity contribution in [3.8, 4) is 5.88 Å². The van der Waals surface area contributed by atoms with Gasteiger partial charge in [-0.05, 0) is 6.07 Å². The molecular weight excluding hydrogens is 390 g/mol. The Labute approximate surface area is 168 Å². The average Bonchev–Trinajstić information content (AvgIpc) is 3.25. The Balaban J connectivity index is 1.68. The number of aromatic hydroxyl groups is 1. The summed E-state index contributed by atoms with van der Waals surface area (Å²) in [6.07, 6.45) is 2.91. The van der Waals surface area contributed by atoms with Gasteiger partial charge in [-0.15, -0.1) is 16.8 Å². The Morgan fingerprint density at radius 1 is 1.33 bits per heavy atom. The molecule has 0 aliphatic carbocycles. The zero-order valence-corrected chi connectivity index (χ0v) is 15.9. The molecule has 4 rings (SSSR count). The molecule has 0 aliphatic heterocycles. The van der Waals surface area contributed by atoms with Crippen LogP contribution in [0.3, 0.4) is 0 Å². The van der Waals surface area contributed by atoms with Gasteiger partial charge >= 0.3 is 5.69 Å². The second-order valence-electron chi connectivity index (χ2n) is 6.55. The summed E-state index contributed by atoms with van der Waals surface area (Å²) in [6.45, 7) is 3.72. The number of aryl methyl sites for hydroxylation is 1. The second kappa shape index (κ2) is 7.28. The van der Waals surface area contributed by atoms with Gasteiger partial charge in [0.1, 0.15) is 6.54 Å². The van der Waals surface area contributed by atoms with E-state index < -0.39 is 17.2 Å². The van der Waals surface area contributed by atoms with Crippen LogP contribution in [0.2, 0.25) is 0 Å². The lowest BCUT2D eigenvalue weighted by molar-refractivity contribution is -0.118. The summed E-state index contributed by atoms with van der Waals surface area (Å²) in [5, 5.41) is 18.8. The van der Waals surface area contributed by atoms with E-state index in [9.17, 15) is 19.5 Å². The molecule has 0 atom stereocenters. The van der Waals surface area contributed by atoms with Gasteiger partial charge in [-0.2, -0.15) is 0 Å². The minimum absolute atomic E-state index is 0.0751. The number of benzene rings is 1. The third-order valence-corrected chi connectivity index (χ3v) is 4.67. The number of carbonyl (C=O) groups excluding carboxylic acids is 1. The predicted octanol–water partition coefficient (Wildman–Crippen LogP) is 1.58. The first-order valence-corrected chi connectivity index (χ1v) is 8.92. The fourth-order valence-electron chi connectivity index (χ4n) is 3.27. The Morgan fingerprint density at radius 2 is 2.10 bits per heavy atom. The number of amides is 1. The number of aromatic nitrogens is 5. The van der Waals surface area contributed by atoms with Crippen molar-refractivity contribution in [1.82, 2.24) is 23.7 Å². The van der Waals surface area contributed by atoms with Gasteiger partial charge in [0, 0.05) is 19.0 Å². The fraction of sp³-hybridized carbons (Fsp3) is 0.158. The summed E-state index contributed by atoms with van der Waals surface area (Å²) in [7, 11) is 1.46. The molecule has 1 aromatic carbocycles. The molecule has 0 spiro atoms. The number of carbonyl (C=O) groups is 1. The van der Waals surface area contributed by atoms with Gasteiger partial charge in [-0.25, -0.2) is 9.78 Å². The molecule has 0 radical (unpaired) electrons. The Kier molecular flexibility index (Phi) is 4.62. The Bertz CT molecular complexity index is 1450. The highest BCUT2D eigenvalue weighted by Gasteiger charge is 2.17. The monoisotopic (exact) mass is 407 g/mol. The summed E-state index contributed by atoms with van der Waals surface area (Å²) >= 11 is 0. The van der Waals surface area contributed by atoms with Gasteiger partial charge in [0.15, 0.2) is 16.9 Å². The maximum atomic E-state index is 12.4. The van der Waals surface area contributed by atoms with Crippen molar-refractivity contribution in [2.24, 2.45) is 17.3 Å². The topological polar surface area (TPSA) is 140 Å². The highest BCUT2D eigenvalue weighted by molar-refractivity contribution is 5.95. The molecule has 0 unspecified atom stereocenters. The maximum Gasteiger partial charge on any atom is 0.329 e. The van der Waals surface area contributed by atoms with E-state index in [2.05, 4.69) is 26.8 Å². The second-order valence-corrected chi connectivity index (χ2v) is 6.55. The number of hydrogen-bond acceptors (Lipinski definition) is 6. The molecule has 11 heteroatoms. The van der Waals surface area contributed by atoms with Crippen molar-refractivity contribution in [2.75, 3.05) is 0 Å². The van der Waals surface area contributed by atoms with Crippen LogP contribution in [-0.4, -0.2) is 34.7 Å². The summed E-state index contributed by atoms with van der Waals surface area (Å²) < 4.78 is 4.06. The number of imidazole rings is 1. The fourth-order valence-corrected chi connectivity index (χ4v) is 3.27. The summed E-state index contributed by atoms with van der Waals surface area (Å²) in [5.41, 5.74) is -0.138. The Morgan fingerprint density at radius 3 is 2.87 bits per heavy atom. The first-order valence-electron chi connectivity index (χ1n) is 8.92. The average molecular weight is 407 g/mol. The minimum Gasteiger partial charge on any atom is -0.493 e. The van der Waals surface area contributed by atoms with Gasteiger partial charge in [0.05, 0.1) is 11.8 Å². The molecule has 30 heavy (non-hydrogen) atoms. The van der Waals surface area contributed by atoms with E-state index in [1.54, 1.807) is 22.8 Å². The summed E-state index contributed by atoms with van der Waals surface area (Å²) in [4.78, 5) is 42.3. The largest absolute Gasteiger partial charge is 0.493 e. The normalized spacial score (nSPS) is 11.6. The number of H-pyrrole nitrogens is 1. The van der Waals surface area contributed by atoms with Gasteiger partial charge < -0.3 is 14.2 Å². The van der Waals surface area contributed by atoms with E-state index in [0.29, 0.717) is 11.9 Å². The van der Waals surface area contributed by atoms with Crippen molar-refractivity contribution in [3.05, 3.63) is 64.1 Å². The quantitative estimate of drug-likeness (QED) is 0.382. The van der Waals surface area contributed by atoms with Crippen LogP contribution in [-0.2, 0) is 24.9 Å². The molecule has 1 amide bonds. The van der Waals surface area contributed by atoms with Gasteiger partial charge in [-0.3, -0.25) is 19.1 Å². The number of fused-ring (bicyclic) bond motifs is 2. The van der Waals surface area contributed by atoms with Crippen LogP contribution in [0.25, 0.3) is 22.1 Å². The molecule has 3 heterocycles. The number of aromatic amines is 1.